The third kappa shape index (κ3) is 4.45. The Labute approximate surface area is 166 Å². The second-order valence-electron chi connectivity index (χ2n) is 5.78. The molecule has 3 rings (SSSR count). The van der Waals surface area contributed by atoms with E-state index in [2.05, 4.69) is 39.2 Å². The molecule has 0 aliphatic rings. The van der Waals surface area contributed by atoms with Gasteiger partial charge in [0.25, 0.3) is 0 Å². The lowest BCUT2D eigenvalue weighted by Crippen LogP contribution is -2.13. The number of nitrogens with zero attached hydrogens (tertiary/aromatic N) is 3. The first-order valence-electron chi connectivity index (χ1n) is 8.08. The van der Waals surface area contributed by atoms with Crippen molar-refractivity contribution in [3.63, 3.8) is 0 Å². The van der Waals surface area contributed by atoms with Gasteiger partial charge in [0.2, 0.25) is 0 Å². The predicted octanol–water partition coefficient (Wildman–Crippen LogP) is 5.77. The third-order valence-corrected chi connectivity index (χ3v) is 4.59. The highest BCUT2D eigenvalue weighted by Gasteiger charge is 2.10. The van der Waals surface area contributed by atoms with Crippen molar-refractivity contribution in [1.29, 1.82) is 0 Å². The second kappa shape index (κ2) is 8.38. The number of pyridine rings is 1. The number of halogens is 1. The maximum atomic E-state index is 5.91. The van der Waals surface area contributed by atoms with Gasteiger partial charge in [0, 0.05) is 24.2 Å². The fraction of sp³-hybridized carbons (Fsp3) is 0.150. The maximum absolute atomic E-state index is 5.91. The summed E-state index contributed by atoms with van der Waals surface area (Å²) in [5, 5.41) is 5.65. The molecule has 0 spiro atoms. The molecule has 1 aromatic carbocycles. The van der Waals surface area contributed by atoms with E-state index in [0.29, 0.717) is 23.2 Å². The molecule has 4 nitrogen and oxygen atoms in total. The van der Waals surface area contributed by atoms with Gasteiger partial charge >= 0.3 is 0 Å². The zero-order chi connectivity index (χ0) is 18.5. The minimum atomic E-state index is 0.00275. The minimum absolute atomic E-state index is 0.00275. The normalized spacial score (nSPS) is 11.9. The molecule has 132 valence electrons. The minimum Gasteiger partial charge on any atom is -0.487 e. The van der Waals surface area contributed by atoms with Crippen molar-refractivity contribution < 1.29 is 4.74 Å². The summed E-state index contributed by atoms with van der Waals surface area (Å²) in [7, 11) is 0. The monoisotopic (exact) mass is 427 g/mol. The number of fused-ring (bicyclic) bond motifs is 1. The number of aromatic nitrogens is 3. The van der Waals surface area contributed by atoms with E-state index in [0.717, 1.165) is 21.1 Å². The lowest BCUT2D eigenvalue weighted by molar-refractivity contribution is 0.295. The van der Waals surface area contributed by atoms with Crippen molar-refractivity contribution in [3.8, 4) is 5.75 Å². The van der Waals surface area contributed by atoms with E-state index in [-0.39, 0.29) is 6.04 Å². The second-order valence-corrected chi connectivity index (χ2v) is 7.34. The van der Waals surface area contributed by atoms with Crippen LogP contribution in [0.2, 0.25) is 0 Å². The molecular formula is C20H18BrN3OS. The molecule has 3 aromatic rings. The molecule has 26 heavy (non-hydrogen) atoms. The summed E-state index contributed by atoms with van der Waals surface area (Å²) in [6.45, 7) is 8.06. The van der Waals surface area contributed by atoms with E-state index in [1.54, 1.807) is 6.20 Å². The van der Waals surface area contributed by atoms with Crippen LogP contribution < -0.4 is 4.74 Å². The number of rotatable bonds is 7. The molecule has 2 heterocycles. The topological polar surface area (TPSA) is 39.9 Å². The summed E-state index contributed by atoms with van der Waals surface area (Å²) >= 11 is 8.79. The molecule has 0 N–H and O–H groups in total. The highest BCUT2D eigenvalue weighted by molar-refractivity contribution is 9.11. The van der Waals surface area contributed by atoms with E-state index < -0.39 is 0 Å². The molecule has 0 saturated carbocycles. The van der Waals surface area contributed by atoms with Gasteiger partial charge in [-0.15, -0.1) is 6.58 Å². The molecule has 6 heteroatoms. The fourth-order valence-electron chi connectivity index (χ4n) is 2.55. The van der Waals surface area contributed by atoms with Gasteiger partial charge in [-0.1, -0.05) is 46.9 Å². The largest absolute Gasteiger partial charge is 0.487 e. The number of hydrogen-bond donors (Lipinski definition) is 0. The molecule has 0 saturated heterocycles. The van der Waals surface area contributed by atoms with Crippen molar-refractivity contribution in [3.05, 3.63) is 82.7 Å². The molecule has 1 unspecified atom stereocenters. The Hall–Kier alpha value is -2.31. The SMILES string of the molecule is C=CC(CC(=C)Br)n1ccc(=S)c(COc2ccc3ncccc3c2)n1. The van der Waals surface area contributed by atoms with Crippen molar-refractivity contribution >= 4 is 39.1 Å². The van der Waals surface area contributed by atoms with Crippen molar-refractivity contribution in [1.82, 2.24) is 14.8 Å². The standard InChI is InChI=1S/C20H18BrN3OS/c1-3-16(11-14(2)21)24-10-8-20(26)19(23-24)13-25-17-6-7-18-15(12-17)5-4-9-22-18/h3-10,12,16H,1-2,11,13H2. The van der Waals surface area contributed by atoms with Crippen LogP contribution in [0.1, 0.15) is 18.2 Å². The van der Waals surface area contributed by atoms with Crippen molar-refractivity contribution in [2.75, 3.05) is 0 Å². The van der Waals surface area contributed by atoms with Gasteiger partial charge < -0.3 is 4.74 Å². The first-order chi connectivity index (χ1) is 12.6. The zero-order valence-corrected chi connectivity index (χ0v) is 16.5. The summed E-state index contributed by atoms with van der Waals surface area (Å²) in [5.74, 6) is 0.756. The van der Waals surface area contributed by atoms with Crippen LogP contribution in [0.3, 0.4) is 0 Å². The lowest BCUT2D eigenvalue weighted by Gasteiger charge is -2.16. The Kier molecular flexibility index (Phi) is 5.96. The van der Waals surface area contributed by atoms with Crippen molar-refractivity contribution in [2.24, 2.45) is 0 Å². The summed E-state index contributed by atoms with van der Waals surface area (Å²) in [5.41, 5.74) is 1.64. The molecule has 0 aliphatic carbocycles. The van der Waals surface area contributed by atoms with Crippen LogP contribution in [0.25, 0.3) is 10.9 Å². The van der Waals surface area contributed by atoms with E-state index >= 15 is 0 Å². The smallest absolute Gasteiger partial charge is 0.133 e. The molecule has 0 bridgehead atoms. The van der Waals surface area contributed by atoms with Gasteiger partial charge in [-0.25, -0.2) is 0 Å². The van der Waals surface area contributed by atoms with Crippen LogP contribution in [0, 0.1) is 4.51 Å². The lowest BCUT2D eigenvalue weighted by atomic mass is 10.2. The Morgan fingerprint density at radius 3 is 2.96 bits per heavy atom. The number of benzene rings is 1. The van der Waals surface area contributed by atoms with E-state index in [4.69, 9.17) is 17.0 Å². The molecule has 0 aliphatic heterocycles. The molecule has 0 amide bonds. The number of hydrogen-bond acceptors (Lipinski definition) is 4. The molecule has 1 atom stereocenters. The summed E-state index contributed by atoms with van der Waals surface area (Å²) in [6.07, 6.45) is 6.17. The van der Waals surface area contributed by atoms with Gasteiger partial charge in [-0.3, -0.25) is 9.67 Å². The summed E-state index contributed by atoms with van der Waals surface area (Å²) in [6, 6.07) is 11.6. The highest BCUT2D eigenvalue weighted by atomic mass is 79.9. The van der Waals surface area contributed by atoms with Crippen LogP contribution in [-0.4, -0.2) is 14.8 Å². The maximum Gasteiger partial charge on any atom is 0.133 e. The average Bonchev–Trinajstić information content (AvgIpc) is 2.65. The Morgan fingerprint density at radius 1 is 1.35 bits per heavy atom. The molecular weight excluding hydrogens is 410 g/mol. The van der Waals surface area contributed by atoms with Crippen LogP contribution in [0.15, 0.2) is 72.5 Å². The van der Waals surface area contributed by atoms with Crippen LogP contribution >= 0.6 is 28.1 Å². The first-order valence-corrected chi connectivity index (χ1v) is 9.28. The van der Waals surface area contributed by atoms with Crippen LogP contribution in [-0.2, 0) is 6.61 Å². The number of ether oxygens (including phenoxy) is 1. The average molecular weight is 428 g/mol. The zero-order valence-electron chi connectivity index (χ0n) is 14.1. The van der Waals surface area contributed by atoms with Gasteiger partial charge in [-0.05, 0) is 34.8 Å². The van der Waals surface area contributed by atoms with E-state index in [9.17, 15) is 0 Å². The summed E-state index contributed by atoms with van der Waals surface area (Å²) < 4.78 is 9.30. The van der Waals surface area contributed by atoms with Gasteiger partial charge in [0.15, 0.2) is 0 Å². The highest BCUT2D eigenvalue weighted by Crippen LogP contribution is 2.22. The Morgan fingerprint density at radius 2 is 2.19 bits per heavy atom. The van der Waals surface area contributed by atoms with Crippen molar-refractivity contribution in [2.45, 2.75) is 19.1 Å². The molecule has 0 fully saturated rings. The third-order valence-electron chi connectivity index (χ3n) is 3.89. The number of allylic oxidation sites excluding steroid dienone is 2. The first kappa shape index (κ1) is 18.5. The quantitative estimate of drug-likeness (QED) is 0.354. The van der Waals surface area contributed by atoms with Gasteiger partial charge in [0.1, 0.15) is 18.1 Å². The van der Waals surface area contributed by atoms with Gasteiger partial charge in [-0.2, -0.15) is 5.10 Å². The Bertz CT molecular complexity index is 1020. The molecule has 0 radical (unpaired) electrons. The fourth-order valence-corrected chi connectivity index (χ4v) is 3.05. The Balaban J connectivity index is 1.80. The van der Waals surface area contributed by atoms with E-state index in [1.165, 1.54) is 0 Å². The van der Waals surface area contributed by atoms with Crippen LogP contribution in [0.5, 0.6) is 5.75 Å². The molecule has 2 aromatic heterocycles. The summed E-state index contributed by atoms with van der Waals surface area (Å²) in [4.78, 5) is 4.31. The van der Waals surface area contributed by atoms with E-state index in [1.807, 2.05) is 53.4 Å². The van der Waals surface area contributed by atoms with Gasteiger partial charge in [0.05, 0.1) is 16.1 Å². The predicted molar refractivity (Wildman–Crippen MR) is 111 cm³/mol. The van der Waals surface area contributed by atoms with Crippen LogP contribution in [0.4, 0.5) is 0 Å².